The number of hydrogen-bond donors (Lipinski definition) is 0. The summed E-state index contributed by atoms with van der Waals surface area (Å²) in [4.78, 5) is 4.45. The van der Waals surface area contributed by atoms with Crippen molar-refractivity contribution in [3.63, 3.8) is 0 Å². The minimum Gasteiger partial charge on any atom is -0.241 e. The fourth-order valence-corrected chi connectivity index (χ4v) is 2.42. The number of hydrogen-bond acceptors (Lipinski definition) is 2. The third-order valence-corrected chi connectivity index (χ3v) is 3.33. The van der Waals surface area contributed by atoms with Gasteiger partial charge in [0.1, 0.15) is 5.01 Å². The SMILES string of the molecule is CC(C)(C)c1csc(-c2ccc(F)c(F)c2)n1. The lowest BCUT2D eigenvalue weighted by molar-refractivity contribution is 0.509. The lowest BCUT2D eigenvalue weighted by Gasteiger charge is -2.14. The minimum absolute atomic E-state index is 0.0344. The molecule has 0 bridgehead atoms. The Morgan fingerprint density at radius 2 is 1.82 bits per heavy atom. The molecular weight excluding hydrogens is 240 g/mol. The monoisotopic (exact) mass is 253 g/mol. The summed E-state index contributed by atoms with van der Waals surface area (Å²) >= 11 is 1.44. The fraction of sp³-hybridized carbons (Fsp3) is 0.308. The topological polar surface area (TPSA) is 12.9 Å². The highest BCUT2D eigenvalue weighted by Gasteiger charge is 2.18. The molecule has 2 rings (SSSR count). The Balaban J connectivity index is 2.40. The Morgan fingerprint density at radius 3 is 2.35 bits per heavy atom. The van der Waals surface area contributed by atoms with Crippen LogP contribution in [0.4, 0.5) is 8.78 Å². The second-order valence-corrected chi connectivity index (χ2v) is 5.77. The zero-order chi connectivity index (χ0) is 12.6. The molecule has 0 N–H and O–H groups in total. The first-order chi connectivity index (χ1) is 7.88. The Hall–Kier alpha value is -1.29. The van der Waals surface area contributed by atoms with Gasteiger partial charge in [-0.3, -0.25) is 0 Å². The smallest absolute Gasteiger partial charge is 0.159 e. The molecule has 0 aliphatic heterocycles. The van der Waals surface area contributed by atoms with E-state index in [1.807, 2.05) is 5.38 Å². The number of nitrogens with zero attached hydrogens (tertiary/aromatic N) is 1. The summed E-state index contributed by atoms with van der Waals surface area (Å²) in [5.41, 5.74) is 1.54. The lowest BCUT2D eigenvalue weighted by atomic mass is 9.93. The molecule has 0 radical (unpaired) electrons. The van der Waals surface area contributed by atoms with Gasteiger partial charge in [0.2, 0.25) is 0 Å². The second kappa shape index (κ2) is 4.18. The summed E-state index contributed by atoms with van der Waals surface area (Å²) in [6.45, 7) is 6.20. The van der Waals surface area contributed by atoms with Crippen LogP contribution >= 0.6 is 11.3 Å². The van der Waals surface area contributed by atoms with Crippen molar-refractivity contribution in [2.45, 2.75) is 26.2 Å². The van der Waals surface area contributed by atoms with E-state index in [0.29, 0.717) is 10.6 Å². The number of benzene rings is 1. The van der Waals surface area contributed by atoms with E-state index in [2.05, 4.69) is 25.8 Å². The third kappa shape index (κ3) is 2.52. The van der Waals surface area contributed by atoms with Crippen molar-refractivity contribution in [2.75, 3.05) is 0 Å². The number of aromatic nitrogens is 1. The van der Waals surface area contributed by atoms with Crippen molar-refractivity contribution in [3.8, 4) is 10.6 Å². The molecule has 17 heavy (non-hydrogen) atoms. The highest BCUT2D eigenvalue weighted by molar-refractivity contribution is 7.13. The van der Waals surface area contributed by atoms with Gasteiger partial charge in [-0.2, -0.15) is 0 Å². The summed E-state index contributed by atoms with van der Waals surface area (Å²) in [5, 5.41) is 2.67. The maximum atomic E-state index is 13.1. The van der Waals surface area contributed by atoms with Crippen LogP contribution in [0.3, 0.4) is 0 Å². The van der Waals surface area contributed by atoms with Crippen molar-refractivity contribution < 1.29 is 8.78 Å². The molecule has 1 heterocycles. The van der Waals surface area contributed by atoms with E-state index in [4.69, 9.17) is 0 Å². The van der Waals surface area contributed by atoms with Gasteiger partial charge in [-0.15, -0.1) is 11.3 Å². The average molecular weight is 253 g/mol. The van der Waals surface area contributed by atoms with Gasteiger partial charge in [-0.25, -0.2) is 13.8 Å². The molecule has 90 valence electrons. The van der Waals surface area contributed by atoms with Gasteiger partial charge in [0, 0.05) is 16.4 Å². The molecule has 0 aliphatic rings. The van der Waals surface area contributed by atoms with Crippen molar-refractivity contribution in [1.82, 2.24) is 4.98 Å². The predicted molar refractivity (Wildman–Crippen MR) is 66.2 cm³/mol. The van der Waals surface area contributed by atoms with E-state index in [-0.39, 0.29) is 5.41 Å². The molecule has 1 aromatic heterocycles. The molecule has 0 amide bonds. The van der Waals surface area contributed by atoms with Crippen LogP contribution in [0.25, 0.3) is 10.6 Å². The first kappa shape index (κ1) is 12.2. The molecule has 1 aromatic carbocycles. The van der Waals surface area contributed by atoms with Crippen LogP contribution in [0.2, 0.25) is 0 Å². The van der Waals surface area contributed by atoms with Gasteiger partial charge in [0.15, 0.2) is 11.6 Å². The van der Waals surface area contributed by atoms with Gasteiger partial charge in [-0.1, -0.05) is 20.8 Å². The van der Waals surface area contributed by atoms with Gasteiger partial charge in [0.25, 0.3) is 0 Å². The Kier molecular flexibility index (Phi) is 3.00. The molecule has 2 aromatic rings. The maximum Gasteiger partial charge on any atom is 0.159 e. The number of thiazole rings is 1. The van der Waals surface area contributed by atoms with E-state index in [1.165, 1.54) is 17.4 Å². The van der Waals surface area contributed by atoms with E-state index in [9.17, 15) is 8.78 Å². The molecule has 0 atom stereocenters. The van der Waals surface area contributed by atoms with E-state index >= 15 is 0 Å². The standard InChI is InChI=1S/C13H13F2NS/c1-13(2,3)11-7-17-12(16-11)8-4-5-9(14)10(15)6-8/h4-7H,1-3H3. The van der Waals surface area contributed by atoms with Crippen molar-refractivity contribution >= 4 is 11.3 Å². The van der Waals surface area contributed by atoms with Gasteiger partial charge >= 0.3 is 0 Å². The summed E-state index contributed by atoms with van der Waals surface area (Å²) < 4.78 is 25.9. The fourth-order valence-electron chi connectivity index (χ4n) is 1.38. The van der Waals surface area contributed by atoms with Crippen LogP contribution in [0.1, 0.15) is 26.5 Å². The molecule has 1 nitrogen and oxygen atoms in total. The van der Waals surface area contributed by atoms with Crippen LogP contribution < -0.4 is 0 Å². The number of halogens is 2. The quantitative estimate of drug-likeness (QED) is 0.734. The van der Waals surface area contributed by atoms with Crippen LogP contribution in [0.15, 0.2) is 23.6 Å². The van der Waals surface area contributed by atoms with E-state index < -0.39 is 11.6 Å². The third-order valence-electron chi connectivity index (χ3n) is 2.44. The first-order valence-corrected chi connectivity index (χ1v) is 6.17. The maximum absolute atomic E-state index is 13.1. The minimum atomic E-state index is -0.838. The van der Waals surface area contributed by atoms with Crippen molar-refractivity contribution in [2.24, 2.45) is 0 Å². The van der Waals surface area contributed by atoms with Crippen LogP contribution in [0.5, 0.6) is 0 Å². The van der Waals surface area contributed by atoms with E-state index in [0.717, 1.165) is 11.8 Å². The Bertz CT molecular complexity index is 541. The van der Waals surface area contributed by atoms with Crippen LogP contribution in [0, 0.1) is 11.6 Å². The molecule has 0 spiro atoms. The summed E-state index contributed by atoms with van der Waals surface area (Å²) in [7, 11) is 0. The van der Waals surface area contributed by atoms with Crippen LogP contribution in [-0.4, -0.2) is 4.98 Å². The summed E-state index contributed by atoms with van der Waals surface area (Å²) in [6.07, 6.45) is 0. The van der Waals surface area contributed by atoms with Gasteiger partial charge in [-0.05, 0) is 18.2 Å². The average Bonchev–Trinajstić information content (AvgIpc) is 2.70. The largest absolute Gasteiger partial charge is 0.241 e. The zero-order valence-corrected chi connectivity index (χ0v) is 10.7. The summed E-state index contributed by atoms with van der Waals surface area (Å²) in [5.74, 6) is -1.67. The predicted octanol–water partition coefficient (Wildman–Crippen LogP) is 4.39. The lowest BCUT2D eigenvalue weighted by Crippen LogP contribution is -2.11. The molecule has 0 unspecified atom stereocenters. The van der Waals surface area contributed by atoms with Crippen molar-refractivity contribution in [1.29, 1.82) is 0 Å². The normalized spacial score (nSPS) is 11.8. The molecule has 0 saturated heterocycles. The molecule has 4 heteroatoms. The second-order valence-electron chi connectivity index (χ2n) is 4.92. The molecule has 0 aliphatic carbocycles. The first-order valence-electron chi connectivity index (χ1n) is 5.29. The Morgan fingerprint density at radius 1 is 1.12 bits per heavy atom. The van der Waals surface area contributed by atoms with Gasteiger partial charge in [0.05, 0.1) is 5.69 Å². The molecule has 0 fully saturated rings. The van der Waals surface area contributed by atoms with Crippen LogP contribution in [-0.2, 0) is 5.41 Å². The molecular formula is C13H13F2NS. The summed E-state index contributed by atoms with van der Waals surface area (Å²) in [6, 6.07) is 3.85. The van der Waals surface area contributed by atoms with E-state index in [1.54, 1.807) is 6.07 Å². The van der Waals surface area contributed by atoms with Crippen molar-refractivity contribution in [3.05, 3.63) is 40.9 Å². The highest BCUT2D eigenvalue weighted by Crippen LogP contribution is 2.30. The Labute approximate surface area is 103 Å². The zero-order valence-electron chi connectivity index (χ0n) is 9.92. The van der Waals surface area contributed by atoms with Gasteiger partial charge < -0.3 is 0 Å². The molecule has 0 saturated carbocycles. The number of rotatable bonds is 1. The highest BCUT2D eigenvalue weighted by atomic mass is 32.1.